The van der Waals surface area contributed by atoms with Crippen LogP contribution in [0.2, 0.25) is 5.02 Å². The van der Waals surface area contributed by atoms with Gasteiger partial charge in [-0.15, -0.1) is 0 Å². The molecule has 3 N–H and O–H groups in total. The van der Waals surface area contributed by atoms with E-state index in [2.05, 4.69) is 58.3 Å². The summed E-state index contributed by atoms with van der Waals surface area (Å²) in [5.74, 6) is -1.75. The lowest BCUT2D eigenvalue weighted by Gasteiger charge is -2.22. The topological polar surface area (TPSA) is 113 Å². The lowest BCUT2D eigenvalue weighted by Crippen LogP contribution is -2.28. The first-order chi connectivity index (χ1) is 19.9. The van der Waals surface area contributed by atoms with Crippen LogP contribution in [0.3, 0.4) is 0 Å². The molecule has 0 bridgehead atoms. The van der Waals surface area contributed by atoms with Gasteiger partial charge in [0.2, 0.25) is 5.91 Å². The van der Waals surface area contributed by atoms with Gasteiger partial charge >= 0.3 is 0 Å². The number of hydrogen-bond donors (Lipinski definition) is 3. The van der Waals surface area contributed by atoms with E-state index in [0.29, 0.717) is 22.7 Å². The van der Waals surface area contributed by atoms with Gasteiger partial charge in [0.1, 0.15) is 0 Å². The second-order valence-electron chi connectivity index (χ2n) is 12.8. The van der Waals surface area contributed by atoms with Gasteiger partial charge in [-0.2, -0.15) is 8.42 Å². The smallest absolute Gasteiger partial charge is 0.266 e. The largest absolute Gasteiger partial charge is 0.351 e. The van der Waals surface area contributed by atoms with E-state index in [0.717, 1.165) is 22.3 Å². The van der Waals surface area contributed by atoms with Crippen molar-refractivity contribution < 1.29 is 22.6 Å². The highest BCUT2D eigenvalue weighted by Gasteiger charge is 2.23. The molecule has 0 saturated heterocycles. The van der Waals surface area contributed by atoms with Gasteiger partial charge in [-0.05, 0) is 69.8 Å². The maximum Gasteiger partial charge on any atom is 0.266 e. The Morgan fingerprint density at radius 2 is 1.56 bits per heavy atom. The van der Waals surface area contributed by atoms with Crippen LogP contribution >= 0.6 is 11.6 Å². The Kier molecular flexibility index (Phi) is 11.0. The molecule has 9 heteroatoms. The van der Waals surface area contributed by atoms with Crippen molar-refractivity contribution in [3.63, 3.8) is 0 Å². The van der Waals surface area contributed by atoms with E-state index in [4.69, 9.17) is 16.2 Å². The minimum absolute atomic E-state index is 0.00760. The molecule has 0 spiro atoms. The Balaban J connectivity index is 1.86. The predicted octanol–water partition coefficient (Wildman–Crippen LogP) is 7.28. The minimum atomic E-state index is -4.17. The molecule has 3 rings (SSSR count). The average molecular weight is 625 g/mol. The summed E-state index contributed by atoms with van der Waals surface area (Å²) in [7, 11) is -4.17. The zero-order valence-electron chi connectivity index (χ0n) is 25.6. The van der Waals surface area contributed by atoms with Crippen molar-refractivity contribution in [2.24, 2.45) is 5.41 Å². The van der Waals surface area contributed by atoms with E-state index in [1.165, 1.54) is 0 Å². The molecule has 1 atom stereocenters. The number of hydrogen-bond acceptors (Lipinski definition) is 4. The van der Waals surface area contributed by atoms with Gasteiger partial charge in [0, 0.05) is 22.8 Å². The summed E-state index contributed by atoms with van der Waals surface area (Å²) in [5, 5.41) is 6.05. The Bertz CT molecular complexity index is 1570. The monoisotopic (exact) mass is 624 g/mol. The normalized spacial score (nSPS) is 13.1. The SMILES string of the molecule is CC(C)(C)C=Cc1cc(Cl)cc(NC(=O)C(Cc2ccc(C(=O)NCCS(=O)(=O)O)cc2)c2ccc(C(C)(C)C)cc2)c1. The molecule has 0 heterocycles. The number of nitrogens with one attached hydrogen (secondary N) is 2. The van der Waals surface area contributed by atoms with E-state index < -0.39 is 27.7 Å². The van der Waals surface area contributed by atoms with Crippen LogP contribution in [0.15, 0.2) is 72.8 Å². The third-order valence-electron chi connectivity index (χ3n) is 6.76. The first-order valence-electron chi connectivity index (χ1n) is 14.1. The van der Waals surface area contributed by atoms with Gasteiger partial charge in [-0.25, -0.2) is 0 Å². The summed E-state index contributed by atoms with van der Waals surface area (Å²) < 4.78 is 30.7. The van der Waals surface area contributed by atoms with Gasteiger partial charge in [0.15, 0.2) is 0 Å². The molecule has 0 aromatic heterocycles. The van der Waals surface area contributed by atoms with Crippen molar-refractivity contribution in [2.45, 2.75) is 59.3 Å². The van der Waals surface area contributed by atoms with Crippen molar-refractivity contribution in [1.29, 1.82) is 0 Å². The van der Waals surface area contributed by atoms with E-state index in [1.807, 2.05) is 42.5 Å². The summed E-state index contributed by atoms with van der Waals surface area (Å²) >= 11 is 6.40. The molecule has 0 aliphatic carbocycles. The average Bonchev–Trinajstić information content (AvgIpc) is 2.89. The number of anilines is 1. The first kappa shape index (κ1) is 34.0. The Morgan fingerprint density at radius 3 is 2.12 bits per heavy atom. The van der Waals surface area contributed by atoms with Crippen molar-refractivity contribution in [1.82, 2.24) is 5.32 Å². The van der Waals surface area contributed by atoms with Crippen LogP contribution in [0, 0.1) is 5.41 Å². The number of amides is 2. The molecular weight excluding hydrogens is 584 g/mol. The molecule has 0 saturated carbocycles. The maximum absolute atomic E-state index is 13.8. The number of rotatable bonds is 10. The summed E-state index contributed by atoms with van der Waals surface area (Å²) in [6.45, 7) is 12.5. The fourth-order valence-electron chi connectivity index (χ4n) is 4.36. The lowest BCUT2D eigenvalue weighted by atomic mass is 9.84. The zero-order valence-corrected chi connectivity index (χ0v) is 27.1. The van der Waals surface area contributed by atoms with Crippen molar-refractivity contribution in [3.05, 3.63) is 106 Å². The summed E-state index contributed by atoms with van der Waals surface area (Å²) in [6, 6.07) is 20.3. The molecule has 43 heavy (non-hydrogen) atoms. The number of carbonyl (C=O) groups is 2. The molecule has 0 radical (unpaired) electrons. The van der Waals surface area contributed by atoms with Crippen molar-refractivity contribution >= 4 is 45.3 Å². The highest BCUT2D eigenvalue weighted by atomic mass is 35.5. The lowest BCUT2D eigenvalue weighted by molar-refractivity contribution is -0.117. The highest BCUT2D eigenvalue weighted by Crippen LogP contribution is 2.29. The van der Waals surface area contributed by atoms with Crippen LogP contribution in [0.25, 0.3) is 6.08 Å². The summed E-state index contributed by atoms with van der Waals surface area (Å²) in [4.78, 5) is 26.2. The minimum Gasteiger partial charge on any atom is -0.351 e. The van der Waals surface area contributed by atoms with Gasteiger partial charge < -0.3 is 10.6 Å². The molecule has 3 aromatic rings. The quantitative estimate of drug-likeness (QED) is 0.205. The predicted molar refractivity (Wildman–Crippen MR) is 175 cm³/mol. The highest BCUT2D eigenvalue weighted by molar-refractivity contribution is 7.85. The number of benzene rings is 3. The fourth-order valence-corrected chi connectivity index (χ4v) is 4.96. The third-order valence-corrected chi connectivity index (χ3v) is 7.70. The molecule has 0 fully saturated rings. The summed E-state index contributed by atoms with van der Waals surface area (Å²) in [5.41, 5.74) is 4.63. The molecular formula is C34H41ClN2O5S. The maximum atomic E-state index is 13.8. The van der Waals surface area contributed by atoms with E-state index in [9.17, 15) is 18.0 Å². The molecule has 1 unspecified atom stereocenters. The van der Waals surface area contributed by atoms with Crippen LogP contribution in [0.5, 0.6) is 0 Å². The molecule has 2 amide bonds. The fraction of sp³-hybridized carbons (Fsp3) is 0.353. The third kappa shape index (κ3) is 11.3. The zero-order chi connectivity index (χ0) is 32.0. The van der Waals surface area contributed by atoms with Crippen molar-refractivity contribution in [3.8, 4) is 0 Å². The van der Waals surface area contributed by atoms with Crippen molar-refractivity contribution in [2.75, 3.05) is 17.6 Å². The molecule has 0 aliphatic rings. The number of allylic oxidation sites excluding steroid dienone is 1. The first-order valence-corrected chi connectivity index (χ1v) is 16.1. The van der Waals surface area contributed by atoms with Gasteiger partial charge in [-0.1, -0.05) is 102 Å². The number of halogens is 1. The molecule has 3 aromatic carbocycles. The van der Waals surface area contributed by atoms with E-state index in [-0.39, 0.29) is 23.3 Å². The Morgan fingerprint density at radius 1 is 0.930 bits per heavy atom. The van der Waals surface area contributed by atoms with Gasteiger partial charge in [-0.3, -0.25) is 14.1 Å². The molecule has 0 aliphatic heterocycles. The Labute approximate surface area is 260 Å². The standard InChI is InChI=1S/C34H41ClN2O5S/c1-33(2,3)16-15-24-19-28(35)22-29(20-24)37-32(39)30(25-11-13-27(14-12-25)34(4,5)6)21-23-7-9-26(10-8-23)31(38)36-17-18-43(40,41)42/h7-16,19-20,22,30H,17-18,21H2,1-6H3,(H,36,38)(H,37,39)(H,40,41,42). The van der Waals surface area contributed by atoms with Crippen LogP contribution in [-0.4, -0.2) is 37.1 Å². The molecule has 7 nitrogen and oxygen atoms in total. The van der Waals surface area contributed by atoms with Gasteiger partial charge in [0.25, 0.3) is 16.0 Å². The van der Waals surface area contributed by atoms with E-state index in [1.54, 1.807) is 30.3 Å². The number of carbonyl (C=O) groups excluding carboxylic acids is 2. The van der Waals surface area contributed by atoms with Crippen LogP contribution in [-0.2, 0) is 26.7 Å². The second kappa shape index (κ2) is 13.9. The van der Waals surface area contributed by atoms with Gasteiger partial charge in [0.05, 0.1) is 11.7 Å². The molecule has 230 valence electrons. The Hall–Kier alpha value is -3.46. The van der Waals surface area contributed by atoms with Crippen LogP contribution in [0.4, 0.5) is 5.69 Å². The van der Waals surface area contributed by atoms with Crippen LogP contribution < -0.4 is 10.6 Å². The van der Waals surface area contributed by atoms with E-state index >= 15 is 0 Å². The summed E-state index contributed by atoms with van der Waals surface area (Å²) in [6.07, 6.45) is 4.45. The second-order valence-corrected chi connectivity index (χ2v) is 14.8. The van der Waals surface area contributed by atoms with Crippen LogP contribution in [0.1, 0.15) is 80.1 Å².